The zero-order chi connectivity index (χ0) is 19.8. The quantitative estimate of drug-likeness (QED) is 0.700. The molecule has 2 heterocycles. The highest BCUT2D eigenvalue weighted by atomic mass is 32.2. The molecule has 1 aromatic rings. The van der Waals surface area contributed by atoms with Crippen molar-refractivity contribution < 1.29 is 22.7 Å². The van der Waals surface area contributed by atoms with Crippen molar-refractivity contribution in [2.24, 2.45) is 0 Å². The molecular formula is C17H24N4O5S. The molecule has 0 aromatic heterocycles. The second-order valence-electron chi connectivity index (χ2n) is 6.72. The van der Waals surface area contributed by atoms with E-state index in [1.165, 1.54) is 23.3 Å². The van der Waals surface area contributed by atoms with Crippen LogP contribution < -0.4 is 9.64 Å². The van der Waals surface area contributed by atoms with Crippen LogP contribution in [0, 0.1) is 0 Å². The van der Waals surface area contributed by atoms with Crippen LogP contribution in [0.3, 0.4) is 0 Å². The molecule has 1 atom stereocenters. The summed E-state index contributed by atoms with van der Waals surface area (Å²) in [5.41, 5.74) is 0.572. The van der Waals surface area contributed by atoms with E-state index in [0.717, 1.165) is 4.31 Å². The molecule has 10 heteroatoms. The first-order chi connectivity index (χ1) is 12.7. The maximum atomic E-state index is 12.7. The Bertz CT molecular complexity index is 833. The molecule has 1 aromatic carbocycles. The molecule has 2 amide bonds. The minimum atomic E-state index is -3.48. The minimum absolute atomic E-state index is 0.0933. The van der Waals surface area contributed by atoms with Crippen molar-refractivity contribution in [2.45, 2.75) is 13.0 Å². The number of amides is 2. The average molecular weight is 396 g/mol. The molecule has 148 valence electrons. The number of piperazine rings is 1. The summed E-state index contributed by atoms with van der Waals surface area (Å²) >= 11 is 0. The summed E-state index contributed by atoms with van der Waals surface area (Å²) in [6.45, 7) is 2.61. The van der Waals surface area contributed by atoms with Gasteiger partial charge in [-0.1, -0.05) is 12.1 Å². The number of anilines is 1. The lowest BCUT2D eigenvalue weighted by Crippen LogP contribution is -2.56. The number of hydrogen-bond acceptors (Lipinski definition) is 5. The third kappa shape index (κ3) is 3.78. The van der Waals surface area contributed by atoms with Crippen molar-refractivity contribution in [3.05, 3.63) is 24.3 Å². The van der Waals surface area contributed by atoms with Crippen LogP contribution in [-0.4, -0.2) is 86.7 Å². The highest BCUT2D eigenvalue weighted by Crippen LogP contribution is 2.33. The number of benzene rings is 1. The number of carbonyl (C=O) groups excluding carboxylic acids is 2. The Labute approximate surface area is 159 Å². The zero-order valence-electron chi connectivity index (χ0n) is 15.7. The molecule has 1 fully saturated rings. The number of nitrogens with zero attached hydrogens (tertiary/aromatic N) is 4. The Morgan fingerprint density at radius 1 is 1.19 bits per heavy atom. The van der Waals surface area contributed by atoms with E-state index < -0.39 is 16.3 Å². The molecule has 0 saturated carbocycles. The molecule has 0 N–H and O–H groups in total. The van der Waals surface area contributed by atoms with E-state index >= 15 is 0 Å². The fourth-order valence-electron chi connectivity index (χ4n) is 3.16. The van der Waals surface area contributed by atoms with Crippen LogP contribution in [0.15, 0.2) is 24.3 Å². The van der Waals surface area contributed by atoms with E-state index in [-0.39, 0.29) is 31.4 Å². The van der Waals surface area contributed by atoms with Gasteiger partial charge in [-0.2, -0.15) is 17.0 Å². The lowest BCUT2D eigenvalue weighted by atomic mass is 10.2. The van der Waals surface area contributed by atoms with Gasteiger partial charge in [0, 0.05) is 40.3 Å². The Morgan fingerprint density at radius 3 is 2.44 bits per heavy atom. The van der Waals surface area contributed by atoms with Crippen LogP contribution in [0.1, 0.15) is 6.92 Å². The van der Waals surface area contributed by atoms with Gasteiger partial charge >= 0.3 is 0 Å². The minimum Gasteiger partial charge on any atom is -0.479 e. The molecule has 2 aliphatic heterocycles. The summed E-state index contributed by atoms with van der Waals surface area (Å²) in [5, 5.41) is 0. The van der Waals surface area contributed by atoms with Crippen LogP contribution in [-0.2, 0) is 19.8 Å². The smallest absolute Gasteiger partial charge is 0.281 e. The first kappa shape index (κ1) is 19.6. The normalized spacial score (nSPS) is 21.2. The Balaban J connectivity index is 1.67. The van der Waals surface area contributed by atoms with Gasteiger partial charge in [-0.15, -0.1) is 0 Å². The van der Waals surface area contributed by atoms with Gasteiger partial charge in [-0.25, -0.2) is 0 Å². The topological polar surface area (TPSA) is 90.5 Å². The van der Waals surface area contributed by atoms with E-state index in [1.807, 2.05) is 6.07 Å². The number of fused-ring (bicyclic) bond motifs is 1. The summed E-state index contributed by atoms with van der Waals surface area (Å²) in [7, 11) is -0.521. The number of carbonyl (C=O) groups is 2. The van der Waals surface area contributed by atoms with Gasteiger partial charge < -0.3 is 9.64 Å². The van der Waals surface area contributed by atoms with Gasteiger partial charge in [0.1, 0.15) is 12.3 Å². The lowest BCUT2D eigenvalue weighted by molar-refractivity contribution is -0.134. The fourth-order valence-corrected chi connectivity index (χ4v) is 4.24. The summed E-state index contributed by atoms with van der Waals surface area (Å²) in [6.07, 6.45) is -0.658. The van der Waals surface area contributed by atoms with Crippen molar-refractivity contribution in [1.82, 2.24) is 13.5 Å². The Kier molecular flexibility index (Phi) is 5.41. The molecule has 0 spiro atoms. The summed E-state index contributed by atoms with van der Waals surface area (Å²) in [4.78, 5) is 28.3. The lowest BCUT2D eigenvalue weighted by Gasteiger charge is -2.37. The third-order valence-electron chi connectivity index (χ3n) is 4.75. The second-order valence-corrected chi connectivity index (χ2v) is 8.86. The van der Waals surface area contributed by atoms with E-state index in [4.69, 9.17) is 4.74 Å². The molecule has 3 rings (SSSR count). The van der Waals surface area contributed by atoms with Crippen LogP contribution in [0.2, 0.25) is 0 Å². The number of para-hydroxylation sites is 2. The van der Waals surface area contributed by atoms with Crippen molar-refractivity contribution in [2.75, 3.05) is 51.7 Å². The van der Waals surface area contributed by atoms with Crippen molar-refractivity contribution >= 4 is 27.7 Å². The molecule has 1 saturated heterocycles. The highest BCUT2D eigenvalue weighted by molar-refractivity contribution is 7.86. The molecule has 0 radical (unpaired) electrons. The van der Waals surface area contributed by atoms with E-state index in [1.54, 1.807) is 30.0 Å². The van der Waals surface area contributed by atoms with Gasteiger partial charge in [0.15, 0.2) is 6.10 Å². The van der Waals surface area contributed by atoms with Gasteiger partial charge in [0.2, 0.25) is 5.91 Å². The molecule has 1 unspecified atom stereocenters. The first-order valence-electron chi connectivity index (χ1n) is 8.74. The summed E-state index contributed by atoms with van der Waals surface area (Å²) in [6, 6.07) is 7.11. The van der Waals surface area contributed by atoms with Gasteiger partial charge in [-0.05, 0) is 19.1 Å². The Hall–Kier alpha value is -2.17. The van der Waals surface area contributed by atoms with E-state index in [2.05, 4.69) is 0 Å². The van der Waals surface area contributed by atoms with Crippen LogP contribution in [0.5, 0.6) is 5.75 Å². The Morgan fingerprint density at radius 2 is 1.81 bits per heavy atom. The number of rotatable bonds is 4. The van der Waals surface area contributed by atoms with Gasteiger partial charge in [0.25, 0.3) is 16.1 Å². The van der Waals surface area contributed by atoms with Crippen molar-refractivity contribution in [3.63, 3.8) is 0 Å². The molecule has 2 aliphatic rings. The van der Waals surface area contributed by atoms with Gasteiger partial charge in [-0.3, -0.25) is 14.5 Å². The predicted octanol–water partition coefficient (Wildman–Crippen LogP) is -0.249. The van der Waals surface area contributed by atoms with E-state index in [9.17, 15) is 18.0 Å². The molecule has 9 nitrogen and oxygen atoms in total. The average Bonchev–Trinajstić information content (AvgIpc) is 2.65. The second kappa shape index (κ2) is 7.45. The van der Waals surface area contributed by atoms with Crippen LogP contribution in [0.25, 0.3) is 0 Å². The predicted molar refractivity (Wildman–Crippen MR) is 99.6 cm³/mol. The standard InChI is InChI=1S/C17H24N4O5S/c1-13-17(23)21(14-6-4-5-7-15(14)26-13)12-16(22)19-8-10-20(11-9-19)27(24,25)18(2)3/h4-7,13H,8-12H2,1-3H3. The number of hydrogen-bond donors (Lipinski definition) is 0. The maximum absolute atomic E-state index is 12.7. The monoisotopic (exact) mass is 396 g/mol. The zero-order valence-corrected chi connectivity index (χ0v) is 16.5. The van der Waals surface area contributed by atoms with Crippen molar-refractivity contribution in [3.8, 4) is 5.75 Å². The first-order valence-corrected chi connectivity index (χ1v) is 10.1. The third-order valence-corrected chi connectivity index (χ3v) is 6.69. The molecular weight excluding hydrogens is 372 g/mol. The van der Waals surface area contributed by atoms with Crippen molar-refractivity contribution in [1.29, 1.82) is 0 Å². The molecule has 0 aliphatic carbocycles. The van der Waals surface area contributed by atoms with E-state index in [0.29, 0.717) is 24.5 Å². The largest absolute Gasteiger partial charge is 0.479 e. The molecule has 0 bridgehead atoms. The SMILES string of the molecule is CC1Oc2ccccc2N(CC(=O)N2CCN(S(=O)(=O)N(C)C)CC2)C1=O. The fraction of sp³-hybridized carbons (Fsp3) is 0.529. The van der Waals surface area contributed by atoms with Crippen LogP contribution >= 0.6 is 0 Å². The summed E-state index contributed by atoms with van der Waals surface area (Å²) in [5.74, 6) is 0.0873. The maximum Gasteiger partial charge on any atom is 0.281 e. The summed E-state index contributed by atoms with van der Waals surface area (Å²) < 4.78 is 32.5. The highest BCUT2D eigenvalue weighted by Gasteiger charge is 2.35. The molecule has 27 heavy (non-hydrogen) atoms. The van der Waals surface area contributed by atoms with Crippen LogP contribution in [0.4, 0.5) is 5.69 Å². The number of ether oxygens (including phenoxy) is 1. The van der Waals surface area contributed by atoms with Gasteiger partial charge in [0.05, 0.1) is 5.69 Å².